The van der Waals surface area contributed by atoms with Crippen LogP contribution in [0.1, 0.15) is 37.1 Å². The Labute approximate surface area is 224 Å². The molecule has 194 valence electrons. The minimum absolute atomic E-state index is 0.523. The molecule has 0 saturated heterocycles. The molecule has 1 fully saturated rings. The average molecular weight is 517 g/mol. The van der Waals surface area contributed by atoms with E-state index in [1.54, 1.807) is 18.7 Å². The summed E-state index contributed by atoms with van der Waals surface area (Å²) in [5, 5.41) is 11.2. The van der Waals surface area contributed by atoms with Crippen molar-refractivity contribution in [2.24, 2.45) is 10.9 Å². The number of nitrogens with zero attached hydrogens (tertiary/aromatic N) is 7. The van der Waals surface area contributed by atoms with Crippen LogP contribution in [0.25, 0.3) is 44.8 Å². The normalized spacial score (nSPS) is 16.0. The zero-order chi connectivity index (χ0) is 26.3. The van der Waals surface area contributed by atoms with E-state index in [4.69, 9.17) is 9.97 Å². The average Bonchev–Trinajstić information content (AvgIpc) is 3.74. The van der Waals surface area contributed by atoms with Crippen molar-refractivity contribution in [3.8, 4) is 17.2 Å². The van der Waals surface area contributed by atoms with Crippen LogP contribution in [0.2, 0.25) is 0 Å². The summed E-state index contributed by atoms with van der Waals surface area (Å²) < 4.78 is 1.92. The molecule has 10 heteroatoms. The molecule has 5 aromatic rings. The number of nitrogens with one attached hydrogen (secondary N) is 3. The number of aromatic amines is 2. The van der Waals surface area contributed by atoms with E-state index in [2.05, 4.69) is 54.2 Å². The van der Waals surface area contributed by atoms with E-state index >= 15 is 0 Å². The van der Waals surface area contributed by atoms with Crippen LogP contribution in [0.3, 0.4) is 0 Å². The molecule has 1 aliphatic carbocycles. The third-order valence-corrected chi connectivity index (χ3v) is 7.40. The quantitative estimate of drug-likeness (QED) is 0.290. The molecule has 5 aromatic heterocycles. The van der Waals surface area contributed by atoms with Crippen molar-refractivity contribution >= 4 is 33.9 Å². The van der Waals surface area contributed by atoms with Gasteiger partial charge in [-0.15, -0.1) is 0 Å². The van der Waals surface area contributed by atoms with Crippen molar-refractivity contribution in [2.45, 2.75) is 32.6 Å². The Morgan fingerprint density at radius 2 is 2.00 bits per heavy atom. The molecule has 7 rings (SSSR count). The van der Waals surface area contributed by atoms with Gasteiger partial charge in [0, 0.05) is 23.7 Å². The summed E-state index contributed by atoms with van der Waals surface area (Å²) in [6.45, 7) is 6.84. The second-order valence-electron chi connectivity index (χ2n) is 10.1. The lowest BCUT2D eigenvalue weighted by Gasteiger charge is -2.16. The molecule has 0 bridgehead atoms. The predicted octanol–water partition coefficient (Wildman–Crippen LogP) is 5.04. The number of hydrogen-bond donors (Lipinski definition) is 3. The van der Waals surface area contributed by atoms with E-state index in [9.17, 15) is 0 Å². The first kappa shape index (κ1) is 23.3. The first-order chi connectivity index (χ1) is 19.1. The summed E-state index contributed by atoms with van der Waals surface area (Å²) in [5.74, 6) is 1.14. The Morgan fingerprint density at radius 3 is 2.85 bits per heavy atom. The maximum Gasteiger partial charge on any atom is 0.161 e. The van der Waals surface area contributed by atoms with Crippen LogP contribution in [-0.4, -0.2) is 52.4 Å². The molecule has 39 heavy (non-hydrogen) atoms. The monoisotopic (exact) mass is 516 g/mol. The number of aliphatic imine (C=N–C) groups is 1. The zero-order valence-corrected chi connectivity index (χ0v) is 21.6. The minimum atomic E-state index is 0.523. The van der Waals surface area contributed by atoms with Gasteiger partial charge in [0.25, 0.3) is 0 Å². The third kappa shape index (κ3) is 4.33. The summed E-state index contributed by atoms with van der Waals surface area (Å²) >= 11 is 0. The number of rotatable bonds is 6. The van der Waals surface area contributed by atoms with Crippen molar-refractivity contribution in [2.75, 3.05) is 6.54 Å². The lowest BCUT2D eigenvalue weighted by atomic mass is 10.0. The summed E-state index contributed by atoms with van der Waals surface area (Å²) in [6, 6.07) is 4.01. The second-order valence-corrected chi connectivity index (χ2v) is 10.1. The van der Waals surface area contributed by atoms with Crippen LogP contribution < -0.4 is 5.32 Å². The fourth-order valence-electron chi connectivity index (χ4n) is 5.37. The highest BCUT2D eigenvalue weighted by atomic mass is 15.2. The molecule has 0 amide bonds. The fourth-order valence-corrected chi connectivity index (χ4v) is 5.37. The highest BCUT2D eigenvalue weighted by Crippen LogP contribution is 2.31. The van der Waals surface area contributed by atoms with Gasteiger partial charge in [-0.2, -0.15) is 5.10 Å². The van der Waals surface area contributed by atoms with Crippen LogP contribution in [-0.2, 0) is 0 Å². The van der Waals surface area contributed by atoms with Crippen molar-refractivity contribution in [3.05, 3.63) is 78.6 Å². The molecule has 3 N–H and O–H groups in total. The maximum absolute atomic E-state index is 5.02. The third-order valence-electron chi connectivity index (χ3n) is 7.40. The molecular weight excluding hydrogens is 488 g/mol. The number of aryl methyl sites for hydroxylation is 1. The van der Waals surface area contributed by atoms with Gasteiger partial charge in [-0.1, -0.05) is 25.5 Å². The van der Waals surface area contributed by atoms with Gasteiger partial charge in [0.15, 0.2) is 11.5 Å². The molecule has 1 saturated carbocycles. The van der Waals surface area contributed by atoms with Gasteiger partial charge >= 0.3 is 0 Å². The summed E-state index contributed by atoms with van der Waals surface area (Å²) in [4.78, 5) is 26.6. The SMILES string of the molecule is C=C(NC1=CC(c2ccc3[nH]nc(-c4nc5c(-n6cnc(C)c6)cncc5[nH]4)c3n2)=CCN=C1)C1CCCC1. The van der Waals surface area contributed by atoms with Crippen LogP contribution in [0.15, 0.2) is 72.2 Å². The van der Waals surface area contributed by atoms with Crippen molar-refractivity contribution < 1.29 is 0 Å². The van der Waals surface area contributed by atoms with Crippen LogP contribution in [0.4, 0.5) is 0 Å². The van der Waals surface area contributed by atoms with E-state index in [0.29, 0.717) is 24.0 Å². The predicted molar refractivity (Wildman–Crippen MR) is 152 cm³/mol. The highest BCUT2D eigenvalue weighted by Gasteiger charge is 2.20. The number of allylic oxidation sites excluding steroid dienone is 4. The van der Waals surface area contributed by atoms with E-state index in [0.717, 1.165) is 56.1 Å². The summed E-state index contributed by atoms with van der Waals surface area (Å²) in [5.41, 5.74) is 9.42. The maximum atomic E-state index is 5.02. The topological polar surface area (TPSA) is 125 Å². The summed E-state index contributed by atoms with van der Waals surface area (Å²) in [6.07, 6.45) is 18.3. The zero-order valence-electron chi connectivity index (χ0n) is 21.6. The van der Waals surface area contributed by atoms with E-state index in [1.807, 2.05) is 36.0 Å². The van der Waals surface area contributed by atoms with Gasteiger partial charge in [0.1, 0.15) is 11.0 Å². The number of fused-ring (bicyclic) bond motifs is 2. The van der Waals surface area contributed by atoms with Gasteiger partial charge in [-0.3, -0.25) is 15.1 Å². The Balaban J connectivity index is 1.24. The van der Waals surface area contributed by atoms with Gasteiger partial charge < -0.3 is 14.9 Å². The lowest BCUT2D eigenvalue weighted by Crippen LogP contribution is -2.18. The minimum Gasteiger partial charge on any atom is -0.358 e. The van der Waals surface area contributed by atoms with Crippen LogP contribution >= 0.6 is 0 Å². The van der Waals surface area contributed by atoms with Crippen LogP contribution in [0, 0.1) is 12.8 Å². The number of pyridine rings is 2. The number of aromatic nitrogens is 8. The molecule has 0 radical (unpaired) electrons. The fraction of sp³-hybridized carbons (Fsp3) is 0.241. The molecule has 2 aliphatic rings. The van der Waals surface area contributed by atoms with E-state index in [-0.39, 0.29) is 0 Å². The number of H-pyrrole nitrogens is 2. The van der Waals surface area contributed by atoms with Gasteiger partial charge in [0.2, 0.25) is 0 Å². The van der Waals surface area contributed by atoms with Crippen LogP contribution in [0.5, 0.6) is 0 Å². The Hall–Kier alpha value is -4.86. The van der Waals surface area contributed by atoms with Gasteiger partial charge in [-0.25, -0.2) is 15.0 Å². The Kier molecular flexibility index (Phi) is 5.65. The smallest absolute Gasteiger partial charge is 0.161 e. The lowest BCUT2D eigenvalue weighted by molar-refractivity contribution is 0.609. The molecule has 0 aromatic carbocycles. The van der Waals surface area contributed by atoms with Gasteiger partial charge in [0.05, 0.1) is 59.1 Å². The molecule has 6 heterocycles. The first-order valence-corrected chi connectivity index (χ1v) is 13.2. The molecular formula is C29H28N10. The molecule has 1 aliphatic heterocycles. The van der Waals surface area contributed by atoms with Crippen molar-refractivity contribution in [3.63, 3.8) is 0 Å². The van der Waals surface area contributed by atoms with E-state index in [1.165, 1.54) is 25.7 Å². The number of imidazole rings is 2. The molecule has 0 unspecified atom stereocenters. The molecule has 0 spiro atoms. The molecule has 0 atom stereocenters. The standard InChI is InChI=1S/C29H28N10/c1-17-15-39(16-32-17)25-14-31-13-24-26(25)36-29(35-24)28-27-23(37-38-28)8-7-22(34-27)20-9-10-30-12-21(11-20)33-18(2)19-5-3-4-6-19/h7-9,11-16,19,33H,2-6,10H2,1H3,(H,35,36)(H,37,38). The summed E-state index contributed by atoms with van der Waals surface area (Å²) in [7, 11) is 0. The second kappa shape index (κ2) is 9.46. The Bertz CT molecular complexity index is 1810. The largest absolute Gasteiger partial charge is 0.358 e. The van der Waals surface area contributed by atoms with Crippen molar-refractivity contribution in [1.82, 2.24) is 45.0 Å². The van der Waals surface area contributed by atoms with Crippen molar-refractivity contribution in [1.29, 1.82) is 0 Å². The molecule has 10 nitrogen and oxygen atoms in total. The van der Waals surface area contributed by atoms with Gasteiger partial charge in [-0.05, 0) is 43.9 Å². The highest BCUT2D eigenvalue weighted by molar-refractivity contribution is 5.93. The Morgan fingerprint density at radius 1 is 1.10 bits per heavy atom. The number of hydrogen-bond acceptors (Lipinski definition) is 7. The first-order valence-electron chi connectivity index (χ1n) is 13.2. The van der Waals surface area contributed by atoms with E-state index < -0.39 is 0 Å².